The standard InChI is InChI=1S/C11H12Cl2N4OS2/c1-5-3-6(12)8(7(13)4-5)17-10(14)9(20(15)18)11(16-17)19-2/h3-4H,14-15H2,1-2H3. The van der Waals surface area contributed by atoms with Crippen molar-refractivity contribution >= 4 is 51.8 Å². The Morgan fingerprint density at radius 1 is 1.35 bits per heavy atom. The number of nitrogens with zero attached hydrogens (tertiary/aromatic N) is 2. The van der Waals surface area contributed by atoms with E-state index in [4.69, 9.17) is 34.1 Å². The van der Waals surface area contributed by atoms with Gasteiger partial charge < -0.3 is 5.73 Å². The van der Waals surface area contributed by atoms with Gasteiger partial charge in [-0.05, 0) is 30.9 Å². The maximum Gasteiger partial charge on any atom is 0.146 e. The Bertz CT molecular complexity index is 679. The first-order valence-electron chi connectivity index (χ1n) is 5.41. The lowest BCUT2D eigenvalue weighted by atomic mass is 10.2. The van der Waals surface area contributed by atoms with Crippen LogP contribution in [0.25, 0.3) is 5.69 Å². The number of aromatic nitrogens is 2. The molecule has 2 aromatic rings. The summed E-state index contributed by atoms with van der Waals surface area (Å²) in [6, 6.07) is 3.50. The number of benzene rings is 1. The minimum atomic E-state index is -1.74. The number of anilines is 1. The van der Waals surface area contributed by atoms with Crippen LogP contribution in [0.2, 0.25) is 10.0 Å². The molecular weight excluding hydrogens is 339 g/mol. The van der Waals surface area contributed by atoms with E-state index in [1.54, 1.807) is 18.4 Å². The molecule has 0 amide bonds. The normalized spacial score (nSPS) is 12.7. The lowest BCUT2D eigenvalue weighted by Gasteiger charge is -2.10. The molecule has 0 saturated carbocycles. The van der Waals surface area contributed by atoms with E-state index < -0.39 is 11.0 Å². The van der Waals surface area contributed by atoms with Gasteiger partial charge in [0.05, 0.1) is 10.0 Å². The van der Waals surface area contributed by atoms with Crippen molar-refractivity contribution < 1.29 is 4.21 Å². The largest absolute Gasteiger partial charge is 0.382 e. The highest BCUT2D eigenvalue weighted by atomic mass is 35.5. The van der Waals surface area contributed by atoms with Crippen molar-refractivity contribution in [3.63, 3.8) is 0 Å². The molecule has 20 heavy (non-hydrogen) atoms. The summed E-state index contributed by atoms with van der Waals surface area (Å²) in [5.41, 5.74) is 7.35. The van der Waals surface area contributed by atoms with Gasteiger partial charge in [-0.1, -0.05) is 23.2 Å². The van der Waals surface area contributed by atoms with Crippen LogP contribution in [0.5, 0.6) is 0 Å². The van der Waals surface area contributed by atoms with Crippen LogP contribution in [0.4, 0.5) is 5.82 Å². The summed E-state index contributed by atoms with van der Waals surface area (Å²) >= 11 is 13.7. The van der Waals surface area contributed by atoms with E-state index in [0.717, 1.165) is 5.56 Å². The van der Waals surface area contributed by atoms with E-state index in [2.05, 4.69) is 5.10 Å². The highest BCUT2D eigenvalue weighted by molar-refractivity contribution is 7.99. The second-order valence-electron chi connectivity index (χ2n) is 4.01. The van der Waals surface area contributed by atoms with E-state index in [-0.39, 0.29) is 10.7 Å². The molecule has 1 heterocycles. The first kappa shape index (κ1) is 15.7. The molecular formula is C11H12Cl2N4OS2. The molecule has 0 fully saturated rings. The second-order valence-corrected chi connectivity index (χ2v) is 6.62. The van der Waals surface area contributed by atoms with E-state index >= 15 is 0 Å². The topological polar surface area (TPSA) is 86.9 Å². The van der Waals surface area contributed by atoms with Crippen LogP contribution in [0, 0.1) is 6.92 Å². The molecule has 4 N–H and O–H groups in total. The Kier molecular flexibility index (Phi) is 4.66. The minimum absolute atomic E-state index is 0.169. The number of hydrogen-bond donors (Lipinski definition) is 2. The number of nitrogen functional groups attached to an aromatic ring is 1. The zero-order chi connectivity index (χ0) is 15.0. The monoisotopic (exact) mass is 350 g/mol. The van der Waals surface area contributed by atoms with Crippen LogP contribution < -0.4 is 10.9 Å². The maximum absolute atomic E-state index is 11.6. The minimum Gasteiger partial charge on any atom is -0.382 e. The molecule has 0 aliphatic carbocycles. The fourth-order valence-electron chi connectivity index (χ4n) is 1.78. The van der Waals surface area contributed by atoms with Gasteiger partial charge in [-0.25, -0.2) is 14.0 Å². The van der Waals surface area contributed by atoms with Gasteiger partial charge >= 0.3 is 0 Å². The average molecular weight is 351 g/mol. The van der Waals surface area contributed by atoms with Gasteiger partial charge in [-0.3, -0.25) is 0 Å². The van der Waals surface area contributed by atoms with E-state index in [0.29, 0.717) is 20.8 Å². The summed E-state index contributed by atoms with van der Waals surface area (Å²) in [5, 5.41) is 11.0. The highest BCUT2D eigenvalue weighted by Crippen LogP contribution is 2.35. The van der Waals surface area contributed by atoms with Crippen LogP contribution in [0.15, 0.2) is 22.1 Å². The van der Waals surface area contributed by atoms with Gasteiger partial charge in [0.15, 0.2) is 0 Å². The summed E-state index contributed by atoms with van der Waals surface area (Å²) in [5.74, 6) is 0.169. The Morgan fingerprint density at radius 3 is 2.30 bits per heavy atom. The lowest BCUT2D eigenvalue weighted by Crippen LogP contribution is -2.08. The van der Waals surface area contributed by atoms with Crippen molar-refractivity contribution in [2.45, 2.75) is 16.8 Å². The number of halogens is 2. The third-order valence-electron chi connectivity index (χ3n) is 2.61. The Hall–Kier alpha value is -0.730. The van der Waals surface area contributed by atoms with E-state index in [1.165, 1.54) is 16.4 Å². The number of hydrogen-bond acceptors (Lipinski definition) is 4. The Balaban J connectivity index is 2.75. The van der Waals surface area contributed by atoms with Gasteiger partial charge in [-0.15, -0.1) is 11.8 Å². The Morgan fingerprint density at radius 2 is 1.90 bits per heavy atom. The summed E-state index contributed by atoms with van der Waals surface area (Å²) < 4.78 is 13.0. The summed E-state index contributed by atoms with van der Waals surface area (Å²) in [6.45, 7) is 1.88. The number of nitrogens with two attached hydrogens (primary N) is 2. The number of thioether (sulfide) groups is 1. The molecule has 5 nitrogen and oxygen atoms in total. The first-order chi connectivity index (χ1) is 9.36. The molecule has 108 valence electrons. The summed E-state index contributed by atoms with van der Waals surface area (Å²) in [4.78, 5) is 0.283. The van der Waals surface area contributed by atoms with Crippen LogP contribution in [-0.2, 0) is 11.0 Å². The maximum atomic E-state index is 11.6. The third-order valence-corrected chi connectivity index (χ3v) is 4.80. The van der Waals surface area contributed by atoms with Gasteiger partial charge in [0, 0.05) is 0 Å². The van der Waals surface area contributed by atoms with Crippen molar-refractivity contribution in [1.82, 2.24) is 9.78 Å². The van der Waals surface area contributed by atoms with Gasteiger partial charge in [-0.2, -0.15) is 5.10 Å². The molecule has 0 spiro atoms. The molecule has 1 unspecified atom stereocenters. The molecule has 2 rings (SSSR count). The SMILES string of the molecule is CSc1nn(-c2c(Cl)cc(C)cc2Cl)c(N)c1S(N)=O. The molecule has 0 aliphatic rings. The molecule has 1 aromatic carbocycles. The second kappa shape index (κ2) is 5.95. The fourth-order valence-corrected chi connectivity index (χ4v) is 3.99. The molecule has 0 saturated heterocycles. The van der Waals surface area contributed by atoms with Crippen molar-refractivity contribution in [3.8, 4) is 5.69 Å². The zero-order valence-corrected chi connectivity index (χ0v) is 13.8. The lowest BCUT2D eigenvalue weighted by molar-refractivity contribution is 0.683. The number of aryl methyl sites for hydroxylation is 1. The van der Waals surface area contributed by atoms with E-state index in [9.17, 15) is 4.21 Å². The predicted molar refractivity (Wildman–Crippen MR) is 85.1 cm³/mol. The van der Waals surface area contributed by atoms with Crippen molar-refractivity contribution in [2.24, 2.45) is 5.14 Å². The van der Waals surface area contributed by atoms with Gasteiger partial charge in [0.1, 0.15) is 32.4 Å². The molecule has 0 aliphatic heterocycles. The van der Waals surface area contributed by atoms with Gasteiger partial charge in [0.2, 0.25) is 0 Å². The van der Waals surface area contributed by atoms with Crippen molar-refractivity contribution in [2.75, 3.05) is 12.0 Å². The number of rotatable bonds is 3. The molecule has 1 atom stereocenters. The molecule has 0 bridgehead atoms. The van der Waals surface area contributed by atoms with Crippen LogP contribution in [-0.4, -0.2) is 20.2 Å². The third kappa shape index (κ3) is 2.68. The molecule has 1 aromatic heterocycles. The Labute approximate surface area is 133 Å². The predicted octanol–water partition coefficient (Wildman–Crippen LogP) is 2.77. The van der Waals surface area contributed by atoms with E-state index in [1.807, 2.05) is 6.92 Å². The van der Waals surface area contributed by atoms with Crippen molar-refractivity contribution in [1.29, 1.82) is 0 Å². The smallest absolute Gasteiger partial charge is 0.146 e. The van der Waals surface area contributed by atoms with Crippen LogP contribution in [0.1, 0.15) is 5.56 Å². The van der Waals surface area contributed by atoms with Crippen molar-refractivity contribution in [3.05, 3.63) is 27.7 Å². The first-order valence-corrected chi connectivity index (χ1v) is 8.60. The average Bonchev–Trinajstić information content (AvgIpc) is 2.65. The quantitative estimate of drug-likeness (QED) is 0.833. The van der Waals surface area contributed by atoms with Crippen LogP contribution in [0.3, 0.4) is 0 Å². The fraction of sp³-hybridized carbons (Fsp3) is 0.182. The molecule has 0 radical (unpaired) electrons. The highest BCUT2D eigenvalue weighted by Gasteiger charge is 2.22. The zero-order valence-electron chi connectivity index (χ0n) is 10.7. The van der Waals surface area contributed by atoms with Crippen LogP contribution >= 0.6 is 35.0 Å². The summed E-state index contributed by atoms with van der Waals surface area (Å²) in [6.07, 6.45) is 1.79. The molecule has 9 heteroatoms. The van der Waals surface area contributed by atoms with Gasteiger partial charge in [0.25, 0.3) is 0 Å². The summed E-state index contributed by atoms with van der Waals surface area (Å²) in [7, 11) is -1.74.